The number of ether oxygens (including phenoxy) is 1. The summed E-state index contributed by atoms with van der Waals surface area (Å²) in [5.74, 6) is 0.908. The van der Waals surface area contributed by atoms with E-state index in [-0.39, 0.29) is 6.04 Å². The number of benzene rings is 1. The number of hydrogen-bond acceptors (Lipinski definition) is 3. The first-order chi connectivity index (χ1) is 9.72. The van der Waals surface area contributed by atoms with E-state index >= 15 is 0 Å². The topological polar surface area (TPSA) is 39.1 Å². The standard InChI is InChI=1S/C15H20BrN3O/c1-4-19-15(12(16)10-18-19)14(17-3)11-8-6-7-9-13(11)20-5-2/h6-10,14,17H,4-5H2,1-3H3. The first-order valence-electron chi connectivity index (χ1n) is 6.83. The van der Waals surface area contributed by atoms with Crippen LogP contribution in [-0.2, 0) is 6.54 Å². The number of aromatic nitrogens is 2. The van der Waals surface area contributed by atoms with Crippen LogP contribution in [0.15, 0.2) is 34.9 Å². The van der Waals surface area contributed by atoms with E-state index in [4.69, 9.17) is 4.74 Å². The van der Waals surface area contributed by atoms with Crippen molar-refractivity contribution in [2.24, 2.45) is 0 Å². The van der Waals surface area contributed by atoms with Gasteiger partial charge in [0.2, 0.25) is 0 Å². The molecule has 0 aliphatic rings. The van der Waals surface area contributed by atoms with Gasteiger partial charge in [0.1, 0.15) is 5.75 Å². The maximum absolute atomic E-state index is 5.75. The molecule has 1 unspecified atom stereocenters. The third-order valence-electron chi connectivity index (χ3n) is 3.22. The van der Waals surface area contributed by atoms with Gasteiger partial charge in [0, 0.05) is 12.1 Å². The molecule has 1 N–H and O–H groups in total. The minimum atomic E-state index is 0.0366. The first kappa shape index (κ1) is 15.1. The molecule has 1 atom stereocenters. The summed E-state index contributed by atoms with van der Waals surface area (Å²) < 4.78 is 8.74. The molecule has 5 heteroatoms. The van der Waals surface area contributed by atoms with Crippen molar-refractivity contribution < 1.29 is 4.74 Å². The molecule has 0 aliphatic carbocycles. The van der Waals surface area contributed by atoms with Crippen LogP contribution in [-0.4, -0.2) is 23.4 Å². The average Bonchev–Trinajstić information content (AvgIpc) is 2.83. The molecule has 0 bridgehead atoms. The first-order valence-corrected chi connectivity index (χ1v) is 7.62. The fraction of sp³-hybridized carbons (Fsp3) is 0.400. The van der Waals surface area contributed by atoms with Crippen LogP contribution in [0.1, 0.15) is 31.1 Å². The summed E-state index contributed by atoms with van der Waals surface area (Å²) in [6.07, 6.45) is 1.84. The Morgan fingerprint density at radius 3 is 2.75 bits per heavy atom. The quantitative estimate of drug-likeness (QED) is 0.878. The molecule has 4 nitrogen and oxygen atoms in total. The van der Waals surface area contributed by atoms with E-state index in [0.29, 0.717) is 6.61 Å². The maximum Gasteiger partial charge on any atom is 0.124 e. The minimum absolute atomic E-state index is 0.0366. The Bertz CT molecular complexity index is 568. The molecule has 0 radical (unpaired) electrons. The number of nitrogens with zero attached hydrogens (tertiary/aromatic N) is 2. The lowest BCUT2D eigenvalue weighted by atomic mass is 10.0. The minimum Gasteiger partial charge on any atom is -0.494 e. The summed E-state index contributed by atoms with van der Waals surface area (Å²) in [6, 6.07) is 8.15. The average molecular weight is 338 g/mol. The van der Waals surface area contributed by atoms with E-state index in [2.05, 4.69) is 39.3 Å². The van der Waals surface area contributed by atoms with Gasteiger partial charge in [-0.05, 0) is 42.9 Å². The van der Waals surface area contributed by atoms with Gasteiger partial charge in [0.25, 0.3) is 0 Å². The Morgan fingerprint density at radius 2 is 2.10 bits per heavy atom. The van der Waals surface area contributed by atoms with Crippen LogP contribution in [0.2, 0.25) is 0 Å². The normalized spacial score (nSPS) is 12.4. The van der Waals surface area contributed by atoms with Crippen LogP contribution < -0.4 is 10.1 Å². The van der Waals surface area contributed by atoms with E-state index in [1.807, 2.05) is 43.0 Å². The van der Waals surface area contributed by atoms with Gasteiger partial charge in [-0.25, -0.2) is 0 Å². The van der Waals surface area contributed by atoms with Gasteiger partial charge in [-0.3, -0.25) is 4.68 Å². The monoisotopic (exact) mass is 337 g/mol. The summed E-state index contributed by atoms with van der Waals surface area (Å²) in [5.41, 5.74) is 2.23. The fourth-order valence-corrected chi connectivity index (χ4v) is 2.88. The van der Waals surface area contributed by atoms with Crippen LogP contribution in [0.25, 0.3) is 0 Å². The van der Waals surface area contributed by atoms with Gasteiger partial charge in [0.15, 0.2) is 0 Å². The van der Waals surface area contributed by atoms with Crippen LogP contribution in [0, 0.1) is 0 Å². The van der Waals surface area contributed by atoms with E-state index in [1.54, 1.807) is 0 Å². The molecule has 1 aromatic heterocycles. The van der Waals surface area contributed by atoms with Crippen molar-refractivity contribution >= 4 is 15.9 Å². The van der Waals surface area contributed by atoms with Gasteiger partial charge in [0.05, 0.1) is 29.0 Å². The predicted molar refractivity (Wildman–Crippen MR) is 84.1 cm³/mol. The molecular weight excluding hydrogens is 318 g/mol. The molecule has 0 fully saturated rings. The van der Waals surface area contributed by atoms with Crippen LogP contribution in [0.5, 0.6) is 5.75 Å². The molecule has 0 amide bonds. The third-order valence-corrected chi connectivity index (χ3v) is 3.84. The lowest BCUT2D eigenvalue weighted by Gasteiger charge is -2.21. The predicted octanol–water partition coefficient (Wildman–Crippen LogP) is 3.37. The fourth-order valence-electron chi connectivity index (χ4n) is 2.36. The van der Waals surface area contributed by atoms with Crippen molar-refractivity contribution in [2.75, 3.05) is 13.7 Å². The highest BCUT2D eigenvalue weighted by atomic mass is 79.9. The van der Waals surface area contributed by atoms with Gasteiger partial charge in [-0.15, -0.1) is 0 Å². The van der Waals surface area contributed by atoms with Gasteiger partial charge in [-0.1, -0.05) is 18.2 Å². The Morgan fingerprint density at radius 1 is 1.35 bits per heavy atom. The summed E-state index contributed by atoms with van der Waals surface area (Å²) in [5, 5.41) is 7.76. The molecule has 1 aromatic carbocycles. The van der Waals surface area contributed by atoms with Crippen molar-refractivity contribution in [3.63, 3.8) is 0 Å². The lowest BCUT2D eigenvalue weighted by molar-refractivity contribution is 0.333. The summed E-state index contributed by atoms with van der Waals surface area (Å²) in [7, 11) is 1.95. The number of rotatable bonds is 6. The molecular formula is C15H20BrN3O. The summed E-state index contributed by atoms with van der Waals surface area (Å²) in [6.45, 7) is 5.57. The Labute approximate surface area is 128 Å². The Kier molecular flexibility index (Phi) is 5.20. The van der Waals surface area contributed by atoms with Crippen LogP contribution in [0.3, 0.4) is 0 Å². The van der Waals surface area contributed by atoms with Crippen molar-refractivity contribution in [1.29, 1.82) is 0 Å². The molecule has 0 spiro atoms. The molecule has 0 saturated carbocycles. The van der Waals surface area contributed by atoms with Crippen molar-refractivity contribution in [2.45, 2.75) is 26.4 Å². The van der Waals surface area contributed by atoms with Crippen molar-refractivity contribution in [3.8, 4) is 5.75 Å². The largest absolute Gasteiger partial charge is 0.494 e. The second-order valence-corrected chi connectivity index (χ2v) is 5.24. The highest BCUT2D eigenvalue weighted by Crippen LogP contribution is 2.33. The van der Waals surface area contributed by atoms with Gasteiger partial charge < -0.3 is 10.1 Å². The third kappa shape index (κ3) is 2.88. The number of aryl methyl sites for hydroxylation is 1. The highest BCUT2D eigenvalue weighted by Gasteiger charge is 2.22. The Balaban J connectivity index is 2.49. The second-order valence-electron chi connectivity index (χ2n) is 4.39. The molecule has 0 saturated heterocycles. The molecule has 2 rings (SSSR count). The van der Waals surface area contributed by atoms with Crippen LogP contribution >= 0.6 is 15.9 Å². The van der Waals surface area contributed by atoms with Gasteiger partial charge in [-0.2, -0.15) is 5.10 Å². The van der Waals surface area contributed by atoms with Gasteiger partial charge >= 0.3 is 0 Å². The van der Waals surface area contributed by atoms with Crippen molar-refractivity contribution in [3.05, 3.63) is 46.2 Å². The molecule has 20 heavy (non-hydrogen) atoms. The van der Waals surface area contributed by atoms with E-state index < -0.39 is 0 Å². The molecule has 2 aromatic rings. The molecule has 0 aliphatic heterocycles. The number of para-hydroxylation sites is 1. The number of nitrogens with one attached hydrogen (secondary N) is 1. The van der Waals surface area contributed by atoms with Crippen LogP contribution in [0.4, 0.5) is 0 Å². The zero-order chi connectivity index (χ0) is 14.5. The van der Waals surface area contributed by atoms with E-state index in [1.165, 1.54) is 0 Å². The summed E-state index contributed by atoms with van der Waals surface area (Å²) in [4.78, 5) is 0. The lowest BCUT2D eigenvalue weighted by Crippen LogP contribution is -2.22. The maximum atomic E-state index is 5.75. The smallest absolute Gasteiger partial charge is 0.124 e. The molecule has 108 valence electrons. The van der Waals surface area contributed by atoms with E-state index in [0.717, 1.165) is 28.0 Å². The number of hydrogen-bond donors (Lipinski definition) is 1. The SMILES string of the molecule is CCOc1ccccc1C(NC)c1c(Br)cnn1CC. The summed E-state index contributed by atoms with van der Waals surface area (Å²) >= 11 is 3.60. The van der Waals surface area contributed by atoms with Crippen molar-refractivity contribution in [1.82, 2.24) is 15.1 Å². The number of halogens is 1. The Hall–Kier alpha value is -1.33. The van der Waals surface area contributed by atoms with E-state index in [9.17, 15) is 0 Å². The zero-order valence-corrected chi connectivity index (χ0v) is 13.6. The second kappa shape index (κ2) is 6.90. The molecule has 1 heterocycles. The highest BCUT2D eigenvalue weighted by molar-refractivity contribution is 9.10. The zero-order valence-electron chi connectivity index (χ0n) is 12.1.